The fraction of sp³-hybridized carbons (Fsp3) is 0.476. The molecule has 5 nitrogen and oxygen atoms in total. The van der Waals surface area contributed by atoms with Crippen LogP contribution in [0.3, 0.4) is 0 Å². The topological polar surface area (TPSA) is 97.3 Å². The third-order valence-electron chi connectivity index (χ3n) is 10.0. The van der Waals surface area contributed by atoms with Crippen LogP contribution < -0.4 is 4.74 Å². The molecule has 0 saturated heterocycles. The van der Waals surface area contributed by atoms with E-state index >= 15 is 0 Å². The summed E-state index contributed by atoms with van der Waals surface area (Å²) >= 11 is 0. The van der Waals surface area contributed by atoms with Crippen molar-refractivity contribution in [2.45, 2.75) is 105 Å². The van der Waals surface area contributed by atoms with Crippen molar-refractivity contribution >= 4 is 21.5 Å². The Labute approximate surface area is 281 Å². The zero-order valence-corrected chi connectivity index (χ0v) is 29.1. The van der Waals surface area contributed by atoms with E-state index in [4.69, 9.17) is 15.3 Å². The lowest BCUT2D eigenvalue weighted by atomic mass is 9.72. The van der Waals surface area contributed by atoms with Crippen LogP contribution in [-0.4, -0.2) is 22.4 Å². The molecule has 0 unspecified atom stereocenters. The average molecular weight is 633 g/mol. The Morgan fingerprint density at radius 3 is 1.49 bits per heavy atom. The van der Waals surface area contributed by atoms with Gasteiger partial charge < -0.3 is 14.9 Å². The van der Waals surface area contributed by atoms with Gasteiger partial charge in [-0.2, -0.15) is 10.5 Å². The highest BCUT2D eigenvalue weighted by molar-refractivity contribution is 5.85. The van der Waals surface area contributed by atoms with Gasteiger partial charge in [0, 0.05) is 0 Å². The summed E-state index contributed by atoms with van der Waals surface area (Å²) in [6, 6.07) is 26.7. The second kappa shape index (κ2) is 15.7. The summed E-state index contributed by atoms with van der Waals surface area (Å²) in [4.78, 5) is 0. The van der Waals surface area contributed by atoms with Gasteiger partial charge in [0.05, 0.1) is 35.5 Å². The maximum atomic E-state index is 9.29. The van der Waals surface area contributed by atoms with E-state index in [2.05, 4.69) is 59.7 Å². The first-order chi connectivity index (χ1) is 22.2. The maximum Gasteiger partial charge on any atom is 0.120 e. The van der Waals surface area contributed by atoms with Crippen LogP contribution in [0.2, 0.25) is 0 Å². The number of aromatic hydroxyl groups is 1. The highest BCUT2D eigenvalue weighted by Crippen LogP contribution is 2.39. The molecule has 0 bridgehead atoms. The molecule has 0 spiro atoms. The summed E-state index contributed by atoms with van der Waals surface area (Å²) in [6.45, 7) is 13.9. The van der Waals surface area contributed by atoms with Crippen molar-refractivity contribution in [3.8, 4) is 23.6 Å². The molecular weight excluding hydrogens is 580 g/mol. The minimum atomic E-state index is -0.00593. The van der Waals surface area contributed by atoms with Crippen LogP contribution in [0.5, 0.6) is 11.5 Å². The van der Waals surface area contributed by atoms with E-state index in [1.54, 1.807) is 30.3 Å². The predicted molar refractivity (Wildman–Crippen MR) is 192 cm³/mol. The lowest BCUT2D eigenvalue weighted by Crippen LogP contribution is -2.30. The van der Waals surface area contributed by atoms with Crippen molar-refractivity contribution < 1.29 is 14.9 Å². The van der Waals surface area contributed by atoms with Crippen LogP contribution in [0.4, 0.5) is 0 Å². The number of aliphatic hydroxyl groups is 1. The number of phenols is 1. The van der Waals surface area contributed by atoms with Crippen molar-refractivity contribution in [3.05, 3.63) is 83.9 Å². The van der Waals surface area contributed by atoms with Gasteiger partial charge in [-0.15, -0.1) is 0 Å². The third kappa shape index (κ3) is 10.5. The monoisotopic (exact) mass is 632 g/mol. The first-order valence-electron chi connectivity index (χ1n) is 17.2. The maximum absolute atomic E-state index is 9.29. The van der Waals surface area contributed by atoms with E-state index in [-0.39, 0.29) is 11.9 Å². The van der Waals surface area contributed by atoms with Crippen molar-refractivity contribution in [3.63, 3.8) is 0 Å². The zero-order valence-electron chi connectivity index (χ0n) is 29.1. The molecule has 0 amide bonds. The van der Waals surface area contributed by atoms with Gasteiger partial charge in [-0.1, -0.05) is 65.8 Å². The predicted octanol–water partition coefficient (Wildman–Crippen LogP) is 10.7. The molecular formula is C42H52N2O3. The lowest BCUT2D eigenvalue weighted by Gasteiger charge is -2.36. The number of benzene rings is 4. The molecule has 4 aromatic carbocycles. The largest absolute Gasteiger partial charge is 0.508 e. The SMILES string of the molecule is CC(C)(C)C1CCC(O)CC1.CC(C)(C)C1CCC(Oc2ccc3cc(C#N)ccc3c2)CC1.N#Cc1ccc2cc(O)ccc2c1. The highest BCUT2D eigenvalue weighted by Gasteiger charge is 2.30. The number of nitriles is 2. The molecule has 4 aromatic rings. The van der Waals surface area contributed by atoms with E-state index in [1.165, 1.54) is 25.7 Å². The number of hydrogen-bond donors (Lipinski definition) is 2. The smallest absolute Gasteiger partial charge is 0.120 e. The Hall–Kier alpha value is -4.06. The molecule has 2 saturated carbocycles. The lowest BCUT2D eigenvalue weighted by molar-refractivity contribution is 0.0725. The Kier molecular flexibility index (Phi) is 11.9. The van der Waals surface area contributed by atoms with Gasteiger partial charge in [0.1, 0.15) is 11.5 Å². The standard InChI is InChI=1S/C21H25NO.C11H7NO.C10H20O/c1-21(2,3)18-7-10-19(11-8-18)23-20-9-6-16-12-15(14-22)4-5-17(16)13-20;12-7-8-1-2-10-6-11(13)4-3-9(10)5-8;1-10(2,3)8-4-6-9(11)7-5-8/h4-6,9,12-13,18-19H,7-8,10-11H2,1-3H3;1-6,13H;8-9,11H,4-7H2,1-3H3. The quantitative estimate of drug-likeness (QED) is 0.229. The molecule has 47 heavy (non-hydrogen) atoms. The number of phenolic OH excluding ortho intramolecular Hbond substituents is 1. The number of hydrogen-bond acceptors (Lipinski definition) is 5. The van der Waals surface area contributed by atoms with Gasteiger partial charge in [0.2, 0.25) is 0 Å². The number of rotatable bonds is 2. The van der Waals surface area contributed by atoms with Crippen LogP contribution in [0.25, 0.3) is 21.5 Å². The van der Waals surface area contributed by atoms with Crippen LogP contribution in [0, 0.1) is 45.3 Å². The summed E-state index contributed by atoms with van der Waals surface area (Å²) in [5.41, 5.74) is 2.19. The van der Waals surface area contributed by atoms with E-state index in [0.29, 0.717) is 28.1 Å². The number of aliphatic hydroxyl groups excluding tert-OH is 1. The molecule has 0 atom stereocenters. The summed E-state index contributed by atoms with van der Waals surface area (Å²) in [5, 5.41) is 40.2. The Morgan fingerprint density at radius 1 is 0.574 bits per heavy atom. The van der Waals surface area contributed by atoms with Gasteiger partial charge in [-0.3, -0.25) is 0 Å². The van der Waals surface area contributed by atoms with Crippen molar-refractivity contribution in [1.29, 1.82) is 10.5 Å². The number of fused-ring (bicyclic) bond motifs is 2. The van der Waals surface area contributed by atoms with Crippen LogP contribution in [-0.2, 0) is 0 Å². The Balaban J connectivity index is 0.000000176. The summed E-state index contributed by atoms with van der Waals surface area (Å²) in [5.74, 6) is 2.83. The third-order valence-corrected chi connectivity index (χ3v) is 10.0. The molecule has 2 aliphatic carbocycles. The first kappa shape index (κ1) is 35.8. The minimum Gasteiger partial charge on any atom is -0.508 e. The Morgan fingerprint density at radius 2 is 1.00 bits per heavy atom. The molecule has 2 N–H and O–H groups in total. The average Bonchev–Trinajstić information content (AvgIpc) is 3.04. The summed E-state index contributed by atoms with van der Waals surface area (Å²) in [6.07, 6.45) is 9.60. The highest BCUT2D eigenvalue weighted by atomic mass is 16.5. The van der Waals surface area contributed by atoms with Crippen LogP contribution >= 0.6 is 0 Å². The molecule has 6 rings (SSSR count). The van der Waals surface area contributed by atoms with E-state index in [1.807, 2.05) is 36.4 Å². The van der Waals surface area contributed by atoms with Crippen LogP contribution in [0.1, 0.15) is 104 Å². The number of nitrogens with zero attached hydrogens (tertiary/aromatic N) is 2. The Bertz CT molecular complexity index is 1700. The molecule has 2 fully saturated rings. The molecule has 0 aromatic heterocycles. The normalized spacial score (nSPS) is 21.3. The fourth-order valence-corrected chi connectivity index (χ4v) is 6.85. The molecule has 5 heteroatoms. The first-order valence-corrected chi connectivity index (χ1v) is 17.2. The minimum absolute atomic E-state index is 0.00593. The van der Waals surface area contributed by atoms with E-state index < -0.39 is 0 Å². The second-order valence-corrected chi connectivity index (χ2v) is 15.5. The molecule has 2 aliphatic rings. The molecule has 0 radical (unpaired) electrons. The number of ether oxygens (including phenoxy) is 1. The van der Waals surface area contributed by atoms with Gasteiger partial charge in [0.15, 0.2) is 0 Å². The van der Waals surface area contributed by atoms with Crippen molar-refractivity contribution in [2.24, 2.45) is 22.7 Å². The van der Waals surface area contributed by atoms with Crippen LogP contribution in [0.15, 0.2) is 72.8 Å². The fourth-order valence-electron chi connectivity index (χ4n) is 6.85. The summed E-state index contributed by atoms with van der Waals surface area (Å²) in [7, 11) is 0. The molecule has 0 aliphatic heterocycles. The van der Waals surface area contributed by atoms with Gasteiger partial charge in [-0.25, -0.2) is 0 Å². The van der Waals surface area contributed by atoms with Gasteiger partial charge >= 0.3 is 0 Å². The second-order valence-electron chi connectivity index (χ2n) is 15.5. The van der Waals surface area contributed by atoms with Crippen molar-refractivity contribution in [2.75, 3.05) is 0 Å². The van der Waals surface area contributed by atoms with Gasteiger partial charge in [0.25, 0.3) is 0 Å². The zero-order chi connectivity index (χ0) is 34.2. The van der Waals surface area contributed by atoms with Gasteiger partial charge in [-0.05, 0) is 144 Å². The van der Waals surface area contributed by atoms with E-state index in [9.17, 15) is 10.2 Å². The van der Waals surface area contributed by atoms with Crippen molar-refractivity contribution in [1.82, 2.24) is 0 Å². The molecule has 248 valence electrons. The van der Waals surface area contributed by atoms with E-state index in [0.717, 1.165) is 64.8 Å². The molecule has 0 heterocycles. The summed E-state index contributed by atoms with van der Waals surface area (Å²) < 4.78 is 6.22.